The maximum Gasteiger partial charge on any atom is 0.354 e. The summed E-state index contributed by atoms with van der Waals surface area (Å²) in [4.78, 5) is 19.3. The molecule has 9 heteroatoms. The fourth-order valence-electron chi connectivity index (χ4n) is 2.24. The molecule has 1 aromatic heterocycles. The Morgan fingerprint density at radius 3 is 2.82 bits per heavy atom. The molecule has 0 aliphatic carbocycles. The third kappa shape index (κ3) is 3.54. The second-order valence-electron chi connectivity index (χ2n) is 6.37. The largest absolute Gasteiger partial charge is 0.411 e. The van der Waals surface area contributed by atoms with Gasteiger partial charge in [-0.1, -0.05) is 13.8 Å². The Labute approximate surface area is 130 Å². The lowest BCUT2D eigenvalue weighted by atomic mass is 10.2. The number of aromatic nitrogens is 3. The summed E-state index contributed by atoms with van der Waals surface area (Å²) in [6.07, 6.45) is 0.536. The number of ether oxygens (including phenoxy) is 1. The SMILES string of the molecule is CC(C)[Si](C)(C)O[C@H]1C[C@H](n2cnc(N)nc2=O)O[C@@H]1CO. The molecule has 1 fully saturated rings. The van der Waals surface area contributed by atoms with Gasteiger partial charge in [0.2, 0.25) is 5.95 Å². The van der Waals surface area contributed by atoms with Gasteiger partial charge in [0.1, 0.15) is 18.7 Å². The molecule has 2 heterocycles. The predicted octanol–water partition coefficient (Wildman–Crippen LogP) is 0.501. The summed E-state index contributed by atoms with van der Waals surface area (Å²) < 4.78 is 13.3. The predicted molar refractivity (Wildman–Crippen MR) is 83.8 cm³/mol. The summed E-state index contributed by atoms with van der Waals surface area (Å²) >= 11 is 0. The Bertz CT molecular complexity index is 577. The van der Waals surface area contributed by atoms with E-state index in [9.17, 15) is 9.90 Å². The molecule has 2 rings (SSSR count). The first-order valence-electron chi connectivity index (χ1n) is 7.39. The van der Waals surface area contributed by atoms with Gasteiger partial charge in [0, 0.05) is 6.42 Å². The first-order valence-corrected chi connectivity index (χ1v) is 10.4. The number of rotatable bonds is 5. The molecule has 1 aliphatic rings. The van der Waals surface area contributed by atoms with E-state index >= 15 is 0 Å². The fourth-order valence-corrected chi connectivity index (χ4v) is 3.54. The highest BCUT2D eigenvalue weighted by molar-refractivity contribution is 6.72. The second-order valence-corrected chi connectivity index (χ2v) is 11.0. The van der Waals surface area contributed by atoms with Crippen LogP contribution < -0.4 is 11.4 Å². The van der Waals surface area contributed by atoms with Crippen LogP contribution in [-0.2, 0) is 9.16 Å². The smallest absolute Gasteiger partial charge is 0.354 e. The van der Waals surface area contributed by atoms with Crippen LogP contribution in [0.1, 0.15) is 26.5 Å². The summed E-state index contributed by atoms with van der Waals surface area (Å²) in [6.45, 7) is 8.38. The van der Waals surface area contributed by atoms with E-state index in [1.54, 1.807) is 0 Å². The Morgan fingerprint density at radius 1 is 1.59 bits per heavy atom. The van der Waals surface area contributed by atoms with Gasteiger partial charge in [0.05, 0.1) is 12.7 Å². The molecule has 1 aromatic rings. The second kappa shape index (κ2) is 6.45. The highest BCUT2D eigenvalue weighted by atomic mass is 28.4. The molecular weight excluding hydrogens is 304 g/mol. The van der Waals surface area contributed by atoms with Crippen LogP contribution in [0.15, 0.2) is 11.1 Å². The van der Waals surface area contributed by atoms with E-state index in [4.69, 9.17) is 14.9 Å². The van der Waals surface area contributed by atoms with E-state index in [2.05, 4.69) is 36.9 Å². The van der Waals surface area contributed by atoms with Gasteiger partial charge in [0.15, 0.2) is 8.32 Å². The normalized spacial score (nSPS) is 25.8. The molecule has 0 unspecified atom stereocenters. The minimum Gasteiger partial charge on any atom is -0.411 e. The third-order valence-corrected chi connectivity index (χ3v) is 7.95. The number of anilines is 1. The molecule has 0 spiro atoms. The van der Waals surface area contributed by atoms with Crippen molar-refractivity contribution in [1.82, 2.24) is 14.5 Å². The van der Waals surface area contributed by atoms with Crippen LogP contribution in [0.3, 0.4) is 0 Å². The van der Waals surface area contributed by atoms with Crippen LogP contribution in [0.4, 0.5) is 5.95 Å². The van der Waals surface area contributed by atoms with Crippen LogP contribution in [0, 0.1) is 0 Å². The number of hydrogen-bond donors (Lipinski definition) is 2. The average molecular weight is 328 g/mol. The van der Waals surface area contributed by atoms with E-state index in [0.29, 0.717) is 12.0 Å². The molecule has 22 heavy (non-hydrogen) atoms. The van der Waals surface area contributed by atoms with Crippen molar-refractivity contribution in [2.24, 2.45) is 0 Å². The average Bonchev–Trinajstić information content (AvgIpc) is 2.80. The molecule has 124 valence electrons. The van der Waals surface area contributed by atoms with Gasteiger partial charge >= 0.3 is 5.69 Å². The first kappa shape index (κ1) is 17.1. The van der Waals surface area contributed by atoms with Crippen LogP contribution in [-0.4, -0.2) is 46.8 Å². The summed E-state index contributed by atoms with van der Waals surface area (Å²) in [6, 6.07) is 0. The van der Waals surface area contributed by atoms with Gasteiger partial charge < -0.3 is 20.0 Å². The standard InChI is InChI=1S/C13H24N4O4Si/c1-8(2)22(3,4)21-9-5-11(20-10(9)6-18)17-7-15-12(14)16-13(17)19/h7-11,18H,5-6H2,1-4H3,(H2,14,16,19)/t9-,10+,11+/m0/s1. The molecule has 0 amide bonds. The minimum absolute atomic E-state index is 0.0703. The Hall–Kier alpha value is -1.29. The van der Waals surface area contributed by atoms with Crippen LogP contribution in [0.25, 0.3) is 0 Å². The van der Waals surface area contributed by atoms with Gasteiger partial charge in [-0.05, 0) is 18.6 Å². The van der Waals surface area contributed by atoms with E-state index in [1.807, 2.05) is 0 Å². The fraction of sp³-hybridized carbons (Fsp3) is 0.769. The summed E-state index contributed by atoms with van der Waals surface area (Å²) in [5.41, 5.74) is 5.31. The molecule has 3 atom stereocenters. The van der Waals surface area contributed by atoms with E-state index in [-0.39, 0.29) is 18.7 Å². The number of hydrogen-bond acceptors (Lipinski definition) is 7. The number of nitrogens with zero attached hydrogens (tertiary/aromatic N) is 3. The number of nitrogens with two attached hydrogens (primary N) is 1. The zero-order valence-electron chi connectivity index (χ0n) is 13.4. The van der Waals surface area contributed by atoms with Gasteiger partial charge in [-0.2, -0.15) is 4.98 Å². The van der Waals surface area contributed by atoms with Crippen molar-refractivity contribution in [3.63, 3.8) is 0 Å². The molecule has 0 aromatic carbocycles. The highest BCUT2D eigenvalue weighted by Gasteiger charge is 2.41. The summed E-state index contributed by atoms with van der Waals surface area (Å²) in [7, 11) is -1.89. The maximum absolute atomic E-state index is 11.9. The number of aliphatic hydroxyl groups is 1. The third-order valence-electron chi connectivity index (χ3n) is 4.26. The molecule has 8 nitrogen and oxygen atoms in total. The van der Waals surface area contributed by atoms with Gasteiger partial charge in [-0.15, -0.1) is 0 Å². The van der Waals surface area contributed by atoms with E-state index in [0.717, 1.165) is 0 Å². The summed E-state index contributed by atoms with van der Waals surface area (Å²) in [5, 5.41) is 9.52. The maximum atomic E-state index is 11.9. The lowest BCUT2D eigenvalue weighted by molar-refractivity contribution is -0.0438. The molecule has 0 saturated carbocycles. The molecule has 1 aliphatic heterocycles. The van der Waals surface area contributed by atoms with Crippen molar-refractivity contribution < 1.29 is 14.3 Å². The quantitative estimate of drug-likeness (QED) is 0.757. The molecular formula is C13H24N4O4Si. The minimum atomic E-state index is -1.89. The van der Waals surface area contributed by atoms with Crippen molar-refractivity contribution in [1.29, 1.82) is 0 Å². The lowest BCUT2D eigenvalue weighted by Crippen LogP contribution is -2.42. The van der Waals surface area contributed by atoms with Crippen LogP contribution >= 0.6 is 0 Å². The van der Waals surface area contributed by atoms with E-state index < -0.39 is 26.3 Å². The zero-order valence-corrected chi connectivity index (χ0v) is 14.4. The van der Waals surface area contributed by atoms with Crippen molar-refractivity contribution in [3.8, 4) is 0 Å². The van der Waals surface area contributed by atoms with E-state index in [1.165, 1.54) is 10.9 Å². The number of nitrogen functional groups attached to an aromatic ring is 1. The molecule has 1 saturated heterocycles. The van der Waals surface area contributed by atoms with Crippen molar-refractivity contribution >= 4 is 14.3 Å². The highest BCUT2D eigenvalue weighted by Crippen LogP contribution is 2.34. The van der Waals surface area contributed by atoms with Crippen LogP contribution in [0.5, 0.6) is 0 Å². The van der Waals surface area contributed by atoms with Crippen molar-refractivity contribution in [3.05, 3.63) is 16.8 Å². The molecule has 3 N–H and O–H groups in total. The van der Waals surface area contributed by atoms with Crippen LogP contribution in [0.2, 0.25) is 18.6 Å². The lowest BCUT2D eigenvalue weighted by Gasteiger charge is -2.32. The Balaban J connectivity index is 2.17. The Kier molecular flexibility index (Phi) is 5.00. The topological polar surface area (TPSA) is 112 Å². The monoisotopic (exact) mass is 328 g/mol. The zero-order chi connectivity index (χ0) is 16.5. The Morgan fingerprint density at radius 2 is 2.27 bits per heavy atom. The van der Waals surface area contributed by atoms with Gasteiger partial charge in [0.25, 0.3) is 0 Å². The number of aliphatic hydroxyl groups excluding tert-OH is 1. The molecule has 0 bridgehead atoms. The van der Waals surface area contributed by atoms with Gasteiger partial charge in [-0.25, -0.2) is 9.78 Å². The first-order chi connectivity index (χ1) is 10.2. The van der Waals surface area contributed by atoms with Crippen molar-refractivity contribution in [2.45, 2.75) is 57.3 Å². The molecule has 0 radical (unpaired) electrons. The van der Waals surface area contributed by atoms with Crippen molar-refractivity contribution in [2.75, 3.05) is 12.3 Å². The summed E-state index contributed by atoms with van der Waals surface area (Å²) in [5.74, 6) is -0.0703. The van der Waals surface area contributed by atoms with Gasteiger partial charge in [-0.3, -0.25) is 4.57 Å².